The summed E-state index contributed by atoms with van der Waals surface area (Å²) in [5.41, 5.74) is 0.262. The summed E-state index contributed by atoms with van der Waals surface area (Å²) in [4.78, 5) is 2.08. The summed E-state index contributed by atoms with van der Waals surface area (Å²) in [6.07, 6.45) is 0. The highest BCUT2D eigenvalue weighted by Crippen LogP contribution is 2.32. The third kappa shape index (κ3) is 1.49. The molecule has 0 aliphatic carbocycles. The molecule has 0 atom stereocenters. The molecule has 0 radical (unpaired) electrons. The zero-order chi connectivity index (χ0) is 10.2. The first-order valence-electron chi connectivity index (χ1n) is 4.69. The lowest BCUT2D eigenvalue weighted by atomic mass is 9.86. The SMILES string of the molecule is COc1cccc(C2(O)CN(C)C2)c1. The summed E-state index contributed by atoms with van der Waals surface area (Å²) in [5, 5.41) is 10.2. The second-order valence-electron chi connectivity index (χ2n) is 3.94. The average molecular weight is 193 g/mol. The first-order valence-corrected chi connectivity index (χ1v) is 4.69. The maximum Gasteiger partial charge on any atom is 0.119 e. The van der Waals surface area contributed by atoms with Crippen molar-refractivity contribution in [3.05, 3.63) is 29.8 Å². The Hall–Kier alpha value is -1.06. The van der Waals surface area contributed by atoms with Gasteiger partial charge in [-0.15, -0.1) is 0 Å². The second kappa shape index (κ2) is 3.26. The van der Waals surface area contributed by atoms with Crippen LogP contribution in [0.4, 0.5) is 0 Å². The number of β-amino-alcohol motifs (C(OH)–C–C–N with tert-alkyl or cyclic N) is 1. The van der Waals surface area contributed by atoms with Crippen molar-refractivity contribution in [2.75, 3.05) is 27.2 Å². The fourth-order valence-corrected chi connectivity index (χ4v) is 1.94. The Kier molecular flexibility index (Phi) is 2.21. The van der Waals surface area contributed by atoms with Gasteiger partial charge in [0, 0.05) is 13.1 Å². The lowest BCUT2D eigenvalue weighted by Crippen LogP contribution is -2.57. The van der Waals surface area contributed by atoms with E-state index in [-0.39, 0.29) is 0 Å². The molecule has 1 heterocycles. The van der Waals surface area contributed by atoms with Crippen LogP contribution in [-0.4, -0.2) is 37.3 Å². The van der Waals surface area contributed by atoms with Gasteiger partial charge >= 0.3 is 0 Å². The first kappa shape index (κ1) is 9.49. The Bertz CT molecular complexity index is 332. The number of aliphatic hydroxyl groups is 1. The minimum atomic E-state index is -0.677. The Morgan fingerprint density at radius 2 is 2.14 bits per heavy atom. The summed E-state index contributed by atoms with van der Waals surface area (Å²) in [5.74, 6) is 0.797. The van der Waals surface area contributed by atoms with Gasteiger partial charge in [0.25, 0.3) is 0 Å². The van der Waals surface area contributed by atoms with Crippen LogP contribution in [0.15, 0.2) is 24.3 Å². The predicted octanol–water partition coefficient (Wildman–Crippen LogP) is 0.828. The fraction of sp³-hybridized carbons (Fsp3) is 0.455. The molecule has 2 rings (SSSR count). The second-order valence-corrected chi connectivity index (χ2v) is 3.94. The lowest BCUT2D eigenvalue weighted by molar-refractivity contribution is -0.0919. The van der Waals surface area contributed by atoms with Gasteiger partial charge in [-0.05, 0) is 24.7 Å². The van der Waals surface area contributed by atoms with E-state index in [1.54, 1.807) is 7.11 Å². The highest BCUT2D eigenvalue weighted by molar-refractivity contribution is 5.34. The van der Waals surface area contributed by atoms with Gasteiger partial charge in [-0.25, -0.2) is 0 Å². The summed E-state index contributed by atoms with van der Waals surface area (Å²) >= 11 is 0. The molecule has 0 amide bonds. The number of hydrogen-bond acceptors (Lipinski definition) is 3. The van der Waals surface area contributed by atoms with Gasteiger partial charge in [0.1, 0.15) is 11.4 Å². The fourth-order valence-electron chi connectivity index (χ4n) is 1.94. The molecule has 0 aromatic heterocycles. The molecule has 0 spiro atoms. The van der Waals surface area contributed by atoms with Gasteiger partial charge in [-0.3, -0.25) is 4.90 Å². The molecular weight excluding hydrogens is 178 g/mol. The van der Waals surface area contributed by atoms with Crippen molar-refractivity contribution >= 4 is 0 Å². The van der Waals surface area contributed by atoms with E-state index >= 15 is 0 Å². The lowest BCUT2D eigenvalue weighted by Gasteiger charge is -2.44. The maximum atomic E-state index is 10.2. The molecule has 1 saturated heterocycles. The molecular formula is C11H15NO2. The molecule has 1 fully saturated rings. The predicted molar refractivity (Wildman–Crippen MR) is 54.4 cm³/mol. The zero-order valence-electron chi connectivity index (χ0n) is 8.53. The van der Waals surface area contributed by atoms with Crippen molar-refractivity contribution in [2.24, 2.45) is 0 Å². The molecule has 1 aliphatic rings. The molecule has 14 heavy (non-hydrogen) atoms. The van der Waals surface area contributed by atoms with Gasteiger partial charge < -0.3 is 9.84 Å². The van der Waals surface area contributed by atoms with E-state index < -0.39 is 5.60 Å². The third-order valence-electron chi connectivity index (χ3n) is 2.67. The monoisotopic (exact) mass is 193 g/mol. The van der Waals surface area contributed by atoms with E-state index in [4.69, 9.17) is 4.74 Å². The molecule has 1 N–H and O–H groups in total. The summed E-state index contributed by atoms with van der Waals surface area (Å²) < 4.78 is 5.12. The van der Waals surface area contributed by atoms with Crippen molar-refractivity contribution in [1.29, 1.82) is 0 Å². The standard InChI is InChI=1S/C11H15NO2/c1-12-7-11(13,8-12)9-4-3-5-10(6-9)14-2/h3-6,13H,7-8H2,1-2H3. The van der Waals surface area contributed by atoms with Gasteiger partial charge in [0.2, 0.25) is 0 Å². The van der Waals surface area contributed by atoms with Gasteiger partial charge in [-0.1, -0.05) is 12.1 Å². The van der Waals surface area contributed by atoms with E-state index in [0.717, 1.165) is 11.3 Å². The van der Waals surface area contributed by atoms with E-state index in [1.807, 2.05) is 31.3 Å². The van der Waals surface area contributed by atoms with Crippen LogP contribution in [-0.2, 0) is 5.60 Å². The zero-order valence-corrected chi connectivity index (χ0v) is 8.53. The van der Waals surface area contributed by atoms with Crippen LogP contribution < -0.4 is 4.74 Å². The molecule has 0 bridgehead atoms. The third-order valence-corrected chi connectivity index (χ3v) is 2.67. The van der Waals surface area contributed by atoms with Crippen molar-refractivity contribution in [1.82, 2.24) is 4.90 Å². The first-order chi connectivity index (χ1) is 6.64. The molecule has 1 aliphatic heterocycles. The van der Waals surface area contributed by atoms with Crippen LogP contribution in [0.5, 0.6) is 5.75 Å². The average Bonchev–Trinajstić information content (AvgIpc) is 2.16. The smallest absolute Gasteiger partial charge is 0.119 e. The van der Waals surface area contributed by atoms with Crippen LogP contribution >= 0.6 is 0 Å². The summed E-state index contributed by atoms with van der Waals surface area (Å²) in [7, 11) is 3.63. The highest BCUT2D eigenvalue weighted by atomic mass is 16.5. The number of rotatable bonds is 2. The number of hydrogen-bond donors (Lipinski definition) is 1. The van der Waals surface area contributed by atoms with E-state index in [0.29, 0.717) is 13.1 Å². The van der Waals surface area contributed by atoms with Crippen LogP contribution in [0, 0.1) is 0 Å². The summed E-state index contributed by atoms with van der Waals surface area (Å²) in [6, 6.07) is 7.63. The Labute approximate surface area is 83.9 Å². The van der Waals surface area contributed by atoms with Crippen LogP contribution in [0.2, 0.25) is 0 Å². The van der Waals surface area contributed by atoms with E-state index in [1.165, 1.54) is 0 Å². The quantitative estimate of drug-likeness (QED) is 0.755. The van der Waals surface area contributed by atoms with Crippen LogP contribution in [0.3, 0.4) is 0 Å². The minimum Gasteiger partial charge on any atom is -0.497 e. The molecule has 3 heteroatoms. The molecule has 1 aromatic rings. The molecule has 1 aromatic carbocycles. The van der Waals surface area contributed by atoms with Gasteiger partial charge in [-0.2, -0.15) is 0 Å². The van der Waals surface area contributed by atoms with Crippen LogP contribution in [0.1, 0.15) is 5.56 Å². The number of nitrogens with zero attached hydrogens (tertiary/aromatic N) is 1. The molecule has 76 valence electrons. The van der Waals surface area contributed by atoms with Crippen molar-refractivity contribution in [2.45, 2.75) is 5.60 Å². The maximum absolute atomic E-state index is 10.2. The topological polar surface area (TPSA) is 32.7 Å². The van der Waals surface area contributed by atoms with Crippen LogP contribution in [0.25, 0.3) is 0 Å². The number of methoxy groups -OCH3 is 1. The normalized spacial score (nSPS) is 20.2. The van der Waals surface area contributed by atoms with Gasteiger partial charge in [0.15, 0.2) is 0 Å². The van der Waals surface area contributed by atoms with Crippen molar-refractivity contribution < 1.29 is 9.84 Å². The Morgan fingerprint density at radius 1 is 1.43 bits per heavy atom. The van der Waals surface area contributed by atoms with E-state index in [2.05, 4.69) is 4.90 Å². The summed E-state index contributed by atoms with van der Waals surface area (Å²) in [6.45, 7) is 1.39. The van der Waals surface area contributed by atoms with E-state index in [9.17, 15) is 5.11 Å². The highest BCUT2D eigenvalue weighted by Gasteiger charge is 2.40. The molecule has 3 nitrogen and oxygen atoms in total. The number of likely N-dealkylation sites (N-methyl/N-ethyl adjacent to an activating group) is 1. The Balaban J connectivity index is 2.24. The van der Waals surface area contributed by atoms with Crippen molar-refractivity contribution in [3.8, 4) is 5.75 Å². The Morgan fingerprint density at radius 3 is 2.71 bits per heavy atom. The largest absolute Gasteiger partial charge is 0.497 e. The van der Waals surface area contributed by atoms with Gasteiger partial charge in [0.05, 0.1) is 7.11 Å². The van der Waals surface area contributed by atoms with Crippen molar-refractivity contribution in [3.63, 3.8) is 0 Å². The minimum absolute atomic E-state index is 0.677. The number of benzene rings is 1. The number of ether oxygens (including phenoxy) is 1. The molecule has 0 saturated carbocycles. The number of likely N-dealkylation sites (tertiary alicyclic amines) is 1. The molecule has 0 unspecified atom stereocenters.